The van der Waals surface area contributed by atoms with Gasteiger partial charge in [0.15, 0.2) is 5.69 Å². The standard InChI is InChI=1S/C25H21FN4O4/c1-15-22(24(32)30(29-15)19-9-4-8-18(14-19)25(33)34)28-27-21-11-5-7-17(23(21)31)13-12-16-6-2-3-10-20(16)26/h2-11,14,29,31H,12-13H2,1H3,(H,33,34). The number of para-hydroxylation sites is 1. The molecular weight excluding hydrogens is 439 g/mol. The number of aromatic carboxylic acids is 1. The van der Waals surface area contributed by atoms with E-state index in [1.54, 1.807) is 49.4 Å². The van der Waals surface area contributed by atoms with Gasteiger partial charge >= 0.3 is 5.97 Å². The highest BCUT2D eigenvalue weighted by Gasteiger charge is 2.14. The molecule has 1 aromatic heterocycles. The van der Waals surface area contributed by atoms with Gasteiger partial charge in [0.05, 0.1) is 16.9 Å². The molecule has 0 unspecified atom stereocenters. The van der Waals surface area contributed by atoms with E-state index in [0.717, 1.165) is 0 Å². The lowest BCUT2D eigenvalue weighted by atomic mass is 10.0. The number of aromatic hydroxyl groups is 1. The molecule has 1 heterocycles. The number of aromatic nitrogens is 2. The molecule has 0 saturated heterocycles. The average molecular weight is 460 g/mol. The second-order valence-corrected chi connectivity index (χ2v) is 7.66. The fourth-order valence-electron chi connectivity index (χ4n) is 3.55. The molecule has 0 spiro atoms. The minimum atomic E-state index is -1.11. The van der Waals surface area contributed by atoms with Crippen molar-refractivity contribution >= 4 is 17.3 Å². The fourth-order valence-corrected chi connectivity index (χ4v) is 3.55. The van der Waals surface area contributed by atoms with Gasteiger partial charge in [-0.2, -0.15) is 0 Å². The van der Waals surface area contributed by atoms with Crippen LogP contribution in [0.15, 0.2) is 81.8 Å². The molecule has 0 amide bonds. The zero-order valence-corrected chi connectivity index (χ0v) is 18.2. The molecule has 3 N–H and O–H groups in total. The maximum atomic E-state index is 13.9. The van der Waals surface area contributed by atoms with Crippen molar-refractivity contribution in [2.75, 3.05) is 0 Å². The molecule has 0 atom stereocenters. The Morgan fingerprint density at radius 1 is 1.00 bits per heavy atom. The van der Waals surface area contributed by atoms with E-state index in [2.05, 4.69) is 15.3 Å². The molecule has 3 aromatic carbocycles. The molecule has 0 bridgehead atoms. The molecule has 8 nitrogen and oxygen atoms in total. The van der Waals surface area contributed by atoms with Crippen molar-refractivity contribution in [3.05, 3.63) is 105 Å². The van der Waals surface area contributed by atoms with Gasteiger partial charge in [0.1, 0.15) is 17.3 Å². The van der Waals surface area contributed by atoms with Crippen LogP contribution in [0.1, 0.15) is 27.2 Å². The number of H-pyrrole nitrogens is 1. The third-order valence-corrected chi connectivity index (χ3v) is 5.37. The molecule has 0 saturated carbocycles. The van der Waals surface area contributed by atoms with Crippen molar-refractivity contribution in [3.63, 3.8) is 0 Å². The largest absolute Gasteiger partial charge is 0.505 e. The summed E-state index contributed by atoms with van der Waals surface area (Å²) in [6.45, 7) is 1.64. The zero-order valence-electron chi connectivity index (χ0n) is 18.2. The number of phenolic OH excluding ortho intramolecular Hbond substituents is 1. The number of carboxylic acids is 1. The number of aryl methyl sites for hydroxylation is 3. The van der Waals surface area contributed by atoms with Gasteiger partial charge in [-0.1, -0.05) is 36.4 Å². The highest BCUT2D eigenvalue weighted by molar-refractivity contribution is 5.88. The minimum Gasteiger partial charge on any atom is -0.505 e. The highest BCUT2D eigenvalue weighted by atomic mass is 19.1. The Morgan fingerprint density at radius 3 is 2.47 bits per heavy atom. The van der Waals surface area contributed by atoms with E-state index in [1.807, 2.05) is 0 Å². The van der Waals surface area contributed by atoms with Crippen molar-refractivity contribution in [1.29, 1.82) is 0 Å². The number of phenols is 1. The van der Waals surface area contributed by atoms with Crippen LogP contribution >= 0.6 is 0 Å². The van der Waals surface area contributed by atoms with E-state index in [0.29, 0.717) is 35.3 Å². The maximum absolute atomic E-state index is 13.9. The molecule has 0 aliphatic carbocycles. The lowest BCUT2D eigenvalue weighted by molar-refractivity contribution is 0.0697. The van der Waals surface area contributed by atoms with E-state index in [-0.39, 0.29) is 28.5 Å². The first-order valence-corrected chi connectivity index (χ1v) is 10.5. The predicted molar refractivity (Wildman–Crippen MR) is 124 cm³/mol. The number of rotatable bonds is 7. The first-order valence-electron chi connectivity index (χ1n) is 10.5. The number of nitrogens with one attached hydrogen (secondary N) is 1. The molecule has 0 aliphatic rings. The van der Waals surface area contributed by atoms with Gasteiger partial charge in [-0.25, -0.2) is 13.9 Å². The van der Waals surface area contributed by atoms with Gasteiger partial charge in [0.2, 0.25) is 0 Å². The molecule has 34 heavy (non-hydrogen) atoms. The van der Waals surface area contributed by atoms with Gasteiger partial charge in [-0.15, -0.1) is 10.2 Å². The van der Waals surface area contributed by atoms with Crippen molar-refractivity contribution in [3.8, 4) is 11.4 Å². The Balaban J connectivity index is 1.59. The van der Waals surface area contributed by atoms with Crippen LogP contribution in [0.3, 0.4) is 0 Å². The van der Waals surface area contributed by atoms with Crippen molar-refractivity contribution in [1.82, 2.24) is 9.78 Å². The first-order chi connectivity index (χ1) is 16.3. The first kappa shape index (κ1) is 22.7. The summed E-state index contributed by atoms with van der Waals surface area (Å²) in [5.41, 5.74) is 1.60. The van der Waals surface area contributed by atoms with E-state index in [1.165, 1.54) is 28.9 Å². The second kappa shape index (κ2) is 9.53. The summed E-state index contributed by atoms with van der Waals surface area (Å²) in [6, 6.07) is 17.4. The van der Waals surface area contributed by atoms with E-state index in [4.69, 9.17) is 0 Å². The third-order valence-electron chi connectivity index (χ3n) is 5.37. The summed E-state index contributed by atoms with van der Waals surface area (Å²) in [5, 5.41) is 30.8. The van der Waals surface area contributed by atoms with E-state index >= 15 is 0 Å². The number of azo groups is 1. The Morgan fingerprint density at radius 2 is 1.71 bits per heavy atom. The summed E-state index contributed by atoms with van der Waals surface area (Å²) in [7, 11) is 0. The number of hydrogen-bond acceptors (Lipinski definition) is 5. The fraction of sp³-hybridized carbons (Fsp3) is 0.120. The number of halogens is 1. The molecule has 0 fully saturated rings. The number of aromatic amines is 1. The number of benzene rings is 3. The summed E-state index contributed by atoms with van der Waals surface area (Å²) < 4.78 is 15.1. The summed E-state index contributed by atoms with van der Waals surface area (Å²) >= 11 is 0. The molecule has 4 aromatic rings. The quantitative estimate of drug-likeness (QED) is 0.328. The molecular formula is C25H21FN4O4. The Labute approximate surface area is 193 Å². The predicted octanol–water partition coefficient (Wildman–Crippen LogP) is 5.22. The Bertz CT molecular complexity index is 1460. The van der Waals surface area contributed by atoms with Gasteiger partial charge < -0.3 is 10.2 Å². The normalized spacial score (nSPS) is 11.2. The van der Waals surface area contributed by atoms with Crippen LogP contribution in [0.5, 0.6) is 5.75 Å². The minimum absolute atomic E-state index is 0.0249. The lowest BCUT2D eigenvalue weighted by Gasteiger charge is -2.07. The van der Waals surface area contributed by atoms with Crippen molar-refractivity contribution in [2.24, 2.45) is 10.2 Å². The SMILES string of the molecule is Cc1[nH]n(-c2cccc(C(=O)O)c2)c(=O)c1N=Nc1cccc(CCc2ccccc2F)c1O. The molecule has 9 heteroatoms. The van der Waals surface area contributed by atoms with Gasteiger partial charge in [0, 0.05) is 0 Å². The number of carbonyl (C=O) groups is 1. The summed E-state index contributed by atoms with van der Waals surface area (Å²) in [4.78, 5) is 24.1. The molecule has 0 radical (unpaired) electrons. The van der Waals surface area contributed by atoms with Crippen LogP contribution in [0, 0.1) is 12.7 Å². The van der Waals surface area contributed by atoms with Gasteiger partial charge in [-0.05, 0) is 61.2 Å². The smallest absolute Gasteiger partial charge is 0.335 e. The van der Waals surface area contributed by atoms with Crippen LogP contribution in [-0.2, 0) is 12.8 Å². The zero-order chi connectivity index (χ0) is 24.2. The molecule has 172 valence electrons. The van der Waals surface area contributed by atoms with Crippen molar-refractivity contribution < 1.29 is 19.4 Å². The van der Waals surface area contributed by atoms with Crippen LogP contribution < -0.4 is 5.56 Å². The van der Waals surface area contributed by atoms with Gasteiger partial charge in [0.25, 0.3) is 5.56 Å². The van der Waals surface area contributed by atoms with Crippen molar-refractivity contribution in [2.45, 2.75) is 19.8 Å². The van der Waals surface area contributed by atoms with Crippen LogP contribution in [0.2, 0.25) is 0 Å². The Hall–Kier alpha value is -4.53. The van der Waals surface area contributed by atoms with E-state index < -0.39 is 11.5 Å². The highest BCUT2D eigenvalue weighted by Crippen LogP contribution is 2.32. The monoisotopic (exact) mass is 460 g/mol. The number of hydrogen-bond donors (Lipinski definition) is 3. The number of nitrogens with zero attached hydrogens (tertiary/aromatic N) is 3. The lowest BCUT2D eigenvalue weighted by Crippen LogP contribution is -2.14. The third kappa shape index (κ3) is 4.63. The topological polar surface area (TPSA) is 120 Å². The van der Waals surface area contributed by atoms with E-state index in [9.17, 15) is 24.2 Å². The molecule has 0 aliphatic heterocycles. The number of carboxylic acid groups (broad SMARTS) is 1. The van der Waals surface area contributed by atoms with Crippen LogP contribution in [0.25, 0.3) is 5.69 Å². The average Bonchev–Trinajstić information content (AvgIpc) is 3.11. The molecule has 4 rings (SSSR count). The summed E-state index contributed by atoms with van der Waals surface area (Å²) in [5.74, 6) is -1.50. The maximum Gasteiger partial charge on any atom is 0.335 e. The summed E-state index contributed by atoms with van der Waals surface area (Å²) in [6.07, 6.45) is 0.796. The Kier molecular flexibility index (Phi) is 6.35. The van der Waals surface area contributed by atoms with Crippen LogP contribution in [0.4, 0.5) is 15.8 Å². The second-order valence-electron chi connectivity index (χ2n) is 7.66. The van der Waals surface area contributed by atoms with Crippen LogP contribution in [-0.4, -0.2) is 26.0 Å². The van der Waals surface area contributed by atoms with Gasteiger partial charge in [-0.3, -0.25) is 9.89 Å².